The van der Waals surface area contributed by atoms with Crippen molar-refractivity contribution in [2.24, 2.45) is 5.41 Å². The number of aliphatic carboxylic acids is 1. The number of carbonyl (C=O) groups is 1. The average molecular weight is 593 g/mol. The molecule has 2 nitrogen and oxygen atoms in total. The molecule has 0 saturated carbocycles. The molecule has 2 heteroatoms. The highest BCUT2D eigenvalue weighted by Gasteiger charge is 2.36. The number of carboxylic acids is 1. The summed E-state index contributed by atoms with van der Waals surface area (Å²) in [6, 6.07) is 0. The topological polar surface area (TPSA) is 37.3 Å². The van der Waals surface area contributed by atoms with E-state index < -0.39 is 11.4 Å². The van der Waals surface area contributed by atoms with Crippen molar-refractivity contribution in [2.75, 3.05) is 0 Å². The third-order valence-corrected chi connectivity index (χ3v) is 9.98. The molecule has 0 aromatic rings. The van der Waals surface area contributed by atoms with Gasteiger partial charge in [0.05, 0.1) is 5.41 Å². The Bertz CT molecular complexity index is 504. The van der Waals surface area contributed by atoms with Gasteiger partial charge in [0, 0.05) is 0 Å². The SMILES string of the molecule is CCCCCCCCCCCCCCC(CCCCCCCCCCCC)(CCCCCCCCCCCC)C(=O)O. The first-order valence-electron chi connectivity index (χ1n) is 19.9. The van der Waals surface area contributed by atoms with E-state index in [4.69, 9.17) is 0 Å². The Labute approximate surface area is 266 Å². The monoisotopic (exact) mass is 593 g/mol. The molecule has 42 heavy (non-hydrogen) atoms. The van der Waals surface area contributed by atoms with Crippen molar-refractivity contribution in [3.63, 3.8) is 0 Å². The second kappa shape index (κ2) is 33.4. The van der Waals surface area contributed by atoms with Crippen LogP contribution < -0.4 is 0 Å². The fourth-order valence-corrected chi connectivity index (χ4v) is 6.90. The van der Waals surface area contributed by atoms with E-state index in [1.165, 1.54) is 186 Å². The van der Waals surface area contributed by atoms with Crippen LogP contribution in [-0.4, -0.2) is 11.1 Å². The summed E-state index contributed by atoms with van der Waals surface area (Å²) in [4.78, 5) is 12.7. The highest BCUT2D eigenvalue weighted by molar-refractivity contribution is 5.74. The van der Waals surface area contributed by atoms with Gasteiger partial charge in [-0.05, 0) is 19.3 Å². The molecule has 0 amide bonds. The van der Waals surface area contributed by atoms with Crippen LogP contribution in [-0.2, 0) is 4.79 Å². The van der Waals surface area contributed by atoms with E-state index >= 15 is 0 Å². The third kappa shape index (κ3) is 27.0. The Morgan fingerprint density at radius 3 is 0.667 bits per heavy atom. The number of rotatable bonds is 36. The van der Waals surface area contributed by atoms with E-state index in [2.05, 4.69) is 20.8 Å². The summed E-state index contributed by atoms with van der Waals surface area (Å²) in [6.45, 7) is 6.86. The second-order valence-electron chi connectivity index (χ2n) is 14.1. The van der Waals surface area contributed by atoms with E-state index in [1.807, 2.05) is 0 Å². The van der Waals surface area contributed by atoms with Crippen molar-refractivity contribution >= 4 is 5.97 Å². The molecule has 0 spiro atoms. The smallest absolute Gasteiger partial charge is 0.309 e. The third-order valence-electron chi connectivity index (χ3n) is 9.98. The molecule has 0 aliphatic carbocycles. The molecule has 0 rings (SSSR count). The lowest BCUT2D eigenvalue weighted by Gasteiger charge is -2.30. The first kappa shape index (κ1) is 41.5. The molecular formula is C40H80O2. The van der Waals surface area contributed by atoms with Gasteiger partial charge in [-0.1, -0.05) is 226 Å². The van der Waals surface area contributed by atoms with Crippen LogP contribution >= 0.6 is 0 Å². The predicted molar refractivity (Wildman–Crippen MR) is 189 cm³/mol. The summed E-state index contributed by atoms with van der Waals surface area (Å²) in [5.74, 6) is -0.488. The van der Waals surface area contributed by atoms with Crippen molar-refractivity contribution in [3.05, 3.63) is 0 Å². The first-order valence-corrected chi connectivity index (χ1v) is 19.9. The predicted octanol–water partition coefficient (Wildman–Crippen LogP) is 14.8. The standard InChI is InChI=1S/C40H80O2/c1-4-7-10-13-16-19-22-23-26-29-32-35-38-40(39(41)42,36-33-30-27-24-20-17-14-11-8-5-2)37-34-31-28-25-21-18-15-12-9-6-3/h4-38H2,1-3H3,(H,41,42). The highest BCUT2D eigenvalue weighted by Crippen LogP contribution is 2.38. The normalized spacial score (nSPS) is 11.9. The molecule has 0 atom stereocenters. The van der Waals surface area contributed by atoms with Crippen molar-refractivity contribution in [1.29, 1.82) is 0 Å². The lowest BCUT2D eigenvalue weighted by Crippen LogP contribution is -2.31. The number of hydrogen-bond donors (Lipinski definition) is 1. The van der Waals surface area contributed by atoms with Gasteiger partial charge in [0.15, 0.2) is 0 Å². The van der Waals surface area contributed by atoms with Crippen LogP contribution in [0.3, 0.4) is 0 Å². The zero-order valence-corrected chi connectivity index (χ0v) is 29.6. The minimum atomic E-state index is -0.488. The summed E-state index contributed by atoms with van der Waals surface area (Å²) >= 11 is 0. The van der Waals surface area contributed by atoms with Gasteiger partial charge < -0.3 is 5.11 Å². The number of hydrogen-bond acceptors (Lipinski definition) is 1. The molecule has 0 aromatic heterocycles. The van der Waals surface area contributed by atoms with E-state index in [0.717, 1.165) is 38.5 Å². The maximum atomic E-state index is 12.7. The fraction of sp³-hybridized carbons (Fsp3) is 0.975. The van der Waals surface area contributed by atoms with Gasteiger partial charge in [-0.3, -0.25) is 4.79 Å². The Kier molecular flexibility index (Phi) is 32.9. The van der Waals surface area contributed by atoms with Gasteiger partial charge in [-0.2, -0.15) is 0 Å². The Morgan fingerprint density at radius 1 is 0.333 bits per heavy atom. The van der Waals surface area contributed by atoms with Crippen LogP contribution in [0.2, 0.25) is 0 Å². The van der Waals surface area contributed by atoms with Gasteiger partial charge in [-0.15, -0.1) is 0 Å². The van der Waals surface area contributed by atoms with Crippen molar-refractivity contribution in [1.82, 2.24) is 0 Å². The van der Waals surface area contributed by atoms with Crippen molar-refractivity contribution in [3.8, 4) is 0 Å². The van der Waals surface area contributed by atoms with E-state index in [0.29, 0.717) is 0 Å². The summed E-state index contributed by atoms with van der Waals surface area (Å²) in [7, 11) is 0. The van der Waals surface area contributed by atoms with Crippen molar-refractivity contribution in [2.45, 2.75) is 245 Å². The maximum Gasteiger partial charge on any atom is 0.309 e. The van der Waals surface area contributed by atoms with Crippen LogP contribution in [0.1, 0.15) is 245 Å². The van der Waals surface area contributed by atoms with Crippen LogP contribution in [0, 0.1) is 5.41 Å². The van der Waals surface area contributed by atoms with E-state index in [1.54, 1.807) is 0 Å². The maximum absolute atomic E-state index is 12.7. The summed E-state index contributed by atoms with van der Waals surface area (Å²) in [6.07, 6.45) is 45.3. The lowest BCUT2D eigenvalue weighted by molar-refractivity contribution is -0.150. The van der Waals surface area contributed by atoms with Crippen LogP contribution in [0.25, 0.3) is 0 Å². The van der Waals surface area contributed by atoms with Gasteiger partial charge in [0.1, 0.15) is 0 Å². The average Bonchev–Trinajstić information content (AvgIpc) is 2.99. The number of unbranched alkanes of at least 4 members (excludes halogenated alkanes) is 29. The molecule has 0 aliphatic heterocycles. The number of carboxylic acid groups (broad SMARTS) is 1. The van der Waals surface area contributed by atoms with Gasteiger partial charge >= 0.3 is 5.97 Å². The molecule has 0 aliphatic rings. The molecule has 252 valence electrons. The zero-order valence-electron chi connectivity index (χ0n) is 29.6. The lowest BCUT2D eigenvalue weighted by atomic mass is 9.74. The summed E-state index contributed by atoms with van der Waals surface area (Å²) in [5, 5.41) is 10.5. The molecule has 0 aromatic carbocycles. The molecule has 0 radical (unpaired) electrons. The second-order valence-corrected chi connectivity index (χ2v) is 14.1. The first-order chi connectivity index (χ1) is 20.6. The van der Waals surface area contributed by atoms with Crippen molar-refractivity contribution < 1.29 is 9.90 Å². The van der Waals surface area contributed by atoms with Crippen LogP contribution in [0.15, 0.2) is 0 Å². The minimum absolute atomic E-state index is 0.460. The molecule has 0 bridgehead atoms. The summed E-state index contributed by atoms with van der Waals surface area (Å²) in [5.41, 5.74) is -0.460. The van der Waals surface area contributed by atoms with E-state index in [9.17, 15) is 9.90 Å². The van der Waals surface area contributed by atoms with Crippen LogP contribution in [0.4, 0.5) is 0 Å². The van der Waals surface area contributed by atoms with Gasteiger partial charge in [0.25, 0.3) is 0 Å². The molecule has 0 saturated heterocycles. The van der Waals surface area contributed by atoms with Gasteiger partial charge in [0.2, 0.25) is 0 Å². The Hall–Kier alpha value is -0.530. The molecule has 0 heterocycles. The molecule has 0 unspecified atom stereocenters. The van der Waals surface area contributed by atoms with Crippen LogP contribution in [0.5, 0.6) is 0 Å². The molecule has 0 fully saturated rings. The largest absolute Gasteiger partial charge is 0.481 e. The quantitative estimate of drug-likeness (QED) is 0.0735. The molecule has 1 N–H and O–H groups in total. The van der Waals surface area contributed by atoms with Gasteiger partial charge in [-0.25, -0.2) is 0 Å². The highest BCUT2D eigenvalue weighted by atomic mass is 16.4. The molecular weight excluding hydrogens is 512 g/mol. The van der Waals surface area contributed by atoms with E-state index in [-0.39, 0.29) is 0 Å². The zero-order chi connectivity index (χ0) is 30.8. The summed E-state index contributed by atoms with van der Waals surface area (Å²) < 4.78 is 0. The Morgan fingerprint density at radius 2 is 0.500 bits per heavy atom. The Balaban J connectivity index is 4.37. The fourth-order valence-electron chi connectivity index (χ4n) is 6.90. The minimum Gasteiger partial charge on any atom is -0.481 e.